The Morgan fingerprint density at radius 3 is 1.17 bits per heavy atom. The van der Waals surface area contributed by atoms with Crippen LogP contribution in [0, 0.1) is 5.41 Å². The predicted molar refractivity (Wildman–Crippen MR) is 53.9 cm³/mol. The molecular weight excluding hydrogens is 148 g/mol. The molecule has 1 heterocycles. The van der Waals surface area contributed by atoms with Gasteiger partial charge >= 0.3 is 0 Å². The fourth-order valence-electron chi connectivity index (χ4n) is 0.253. The maximum atomic E-state index is 3.53. The summed E-state index contributed by atoms with van der Waals surface area (Å²) in [6.07, 6.45) is 3.28. The van der Waals surface area contributed by atoms with Crippen molar-refractivity contribution in [2.24, 2.45) is 5.41 Å². The zero-order valence-corrected chi connectivity index (χ0v) is 7.70. The Hall–Kier alpha value is -0.920. The lowest BCUT2D eigenvalue weighted by atomic mass is 10.0. The highest BCUT2D eigenvalue weighted by molar-refractivity contribution is 4.79. The SMILES string of the molecule is C.CC(C)(C)C.c1ccnnc1. The van der Waals surface area contributed by atoms with Crippen molar-refractivity contribution in [3.63, 3.8) is 0 Å². The smallest absolute Gasteiger partial charge is 0.0496 e. The molecule has 0 aliphatic carbocycles. The second-order valence-corrected chi connectivity index (χ2v) is 3.91. The monoisotopic (exact) mass is 168 g/mol. The number of rotatable bonds is 0. The first-order valence-electron chi connectivity index (χ1n) is 3.72. The van der Waals surface area contributed by atoms with E-state index in [1.807, 2.05) is 12.1 Å². The molecule has 2 heteroatoms. The Morgan fingerprint density at radius 1 is 0.833 bits per heavy atom. The summed E-state index contributed by atoms with van der Waals surface area (Å²) in [5, 5.41) is 7.07. The molecule has 1 aromatic rings. The van der Waals surface area contributed by atoms with Crippen molar-refractivity contribution >= 4 is 0 Å². The molecule has 1 aromatic heterocycles. The Bertz CT molecular complexity index is 132. The molecule has 1 rings (SSSR count). The van der Waals surface area contributed by atoms with Crippen LogP contribution in [0.25, 0.3) is 0 Å². The highest BCUT2D eigenvalue weighted by Gasteiger charge is 1.95. The number of hydrogen-bond acceptors (Lipinski definition) is 2. The number of nitrogens with zero attached hydrogens (tertiary/aromatic N) is 2. The molecule has 0 aromatic carbocycles. The minimum atomic E-state index is 0. The van der Waals surface area contributed by atoms with Crippen molar-refractivity contribution in [1.82, 2.24) is 10.2 Å². The van der Waals surface area contributed by atoms with Gasteiger partial charge in [-0.25, -0.2) is 0 Å². The lowest BCUT2D eigenvalue weighted by molar-refractivity contribution is 0.469. The van der Waals surface area contributed by atoms with Crippen LogP contribution in [0.15, 0.2) is 24.5 Å². The van der Waals surface area contributed by atoms with E-state index in [0.29, 0.717) is 5.41 Å². The zero-order valence-electron chi connectivity index (χ0n) is 7.70. The molecule has 0 saturated carbocycles. The summed E-state index contributed by atoms with van der Waals surface area (Å²) >= 11 is 0. The predicted octanol–water partition coefficient (Wildman–Crippen LogP) is 3.17. The largest absolute Gasteiger partial charge is 0.159 e. The van der Waals surface area contributed by atoms with Gasteiger partial charge in [0.15, 0.2) is 0 Å². The number of hydrogen-bond donors (Lipinski definition) is 0. The van der Waals surface area contributed by atoms with Gasteiger partial charge in [0, 0.05) is 12.4 Å². The highest BCUT2D eigenvalue weighted by atomic mass is 15.1. The van der Waals surface area contributed by atoms with Gasteiger partial charge in [0.25, 0.3) is 0 Å². The molecule has 0 unspecified atom stereocenters. The third-order valence-corrected chi connectivity index (χ3v) is 0.483. The van der Waals surface area contributed by atoms with Gasteiger partial charge in [0.2, 0.25) is 0 Å². The van der Waals surface area contributed by atoms with Crippen molar-refractivity contribution in [1.29, 1.82) is 0 Å². The van der Waals surface area contributed by atoms with Crippen LogP contribution >= 0.6 is 0 Å². The Kier molecular flexibility index (Phi) is 7.70. The first-order valence-corrected chi connectivity index (χ1v) is 3.72. The van der Waals surface area contributed by atoms with Crippen LogP contribution in [0.4, 0.5) is 0 Å². The summed E-state index contributed by atoms with van der Waals surface area (Å²) in [6, 6.07) is 3.65. The van der Waals surface area contributed by atoms with Crippen LogP contribution in [0.3, 0.4) is 0 Å². The molecule has 0 saturated heterocycles. The average molecular weight is 168 g/mol. The standard InChI is InChI=1S/C5H12.C4H4N2.CH4/c1-5(2,3)4;1-2-4-6-5-3-1;/h1-4H3;1-4H;1H4. The summed E-state index contributed by atoms with van der Waals surface area (Å²) in [4.78, 5) is 0. The Morgan fingerprint density at radius 2 is 1.08 bits per heavy atom. The second-order valence-electron chi connectivity index (χ2n) is 3.91. The molecule has 0 N–H and O–H groups in total. The van der Waals surface area contributed by atoms with Gasteiger partial charge in [-0.15, -0.1) is 0 Å². The normalized spacial score (nSPS) is 9.00. The first kappa shape index (κ1) is 13.7. The summed E-state index contributed by atoms with van der Waals surface area (Å²) in [7, 11) is 0. The van der Waals surface area contributed by atoms with Crippen molar-refractivity contribution in [3.8, 4) is 0 Å². The fraction of sp³-hybridized carbons (Fsp3) is 0.600. The van der Waals surface area contributed by atoms with Crippen LogP contribution in [-0.4, -0.2) is 10.2 Å². The quantitative estimate of drug-likeness (QED) is 0.594. The van der Waals surface area contributed by atoms with Crippen LogP contribution in [-0.2, 0) is 0 Å². The summed E-state index contributed by atoms with van der Waals surface area (Å²) < 4.78 is 0. The van der Waals surface area contributed by atoms with Gasteiger partial charge < -0.3 is 0 Å². The molecule has 0 spiro atoms. The fourth-order valence-corrected chi connectivity index (χ4v) is 0.253. The minimum Gasteiger partial charge on any atom is -0.159 e. The topological polar surface area (TPSA) is 25.8 Å². The summed E-state index contributed by atoms with van der Waals surface area (Å²) in [5.74, 6) is 0. The average Bonchev–Trinajstić information content (AvgIpc) is 1.88. The van der Waals surface area contributed by atoms with E-state index in [4.69, 9.17) is 0 Å². The minimum absolute atomic E-state index is 0. The van der Waals surface area contributed by atoms with Crippen LogP contribution < -0.4 is 0 Å². The van der Waals surface area contributed by atoms with Gasteiger partial charge in [0.1, 0.15) is 0 Å². The van der Waals surface area contributed by atoms with E-state index in [9.17, 15) is 0 Å². The molecule has 0 amide bonds. The lowest BCUT2D eigenvalue weighted by Gasteiger charge is -2.05. The Labute approximate surface area is 76.0 Å². The van der Waals surface area contributed by atoms with Crippen molar-refractivity contribution < 1.29 is 0 Å². The number of aromatic nitrogens is 2. The van der Waals surface area contributed by atoms with Gasteiger partial charge in [-0.1, -0.05) is 35.1 Å². The van der Waals surface area contributed by atoms with Crippen LogP contribution in [0.5, 0.6) is 0 Å². The third kappa shape index (κ3) is 23.0. The van der Waals surface area contributed by atoms with Gasteiger partial charge in [0.05, 0.1) is 0 Å². The van der Waals surface area contributed by atoms with E-state index in [1.165, 1.54) is 0 Å². The van der Waals surface area contributed by atoms with Crippen molar-refractivity contribution in [2.75, 3.05) is 0 Å². The van der Waals surface area contributed by atoms with Gasteiger partial charge in [-0.3, -0.25) is 0 Å². The van der Waals surface area contributed by atoms with Crippen LogP contribution in [0.2, 0.25) is 0 Å². The molecule has 12 heavy (non-hydrogen) atoms. The molecule has 70 valence electrons. The zero-order chi connectivity index (χ0) is 8.74. The molecule has 0 atom stereocenters. The molecule has 2 nitrogen and oxygen atoms in total. The molecule has 0 aliphatic rings. The summed E-state index contributed by atoms with van der Waals surface area (Å²) in [5.41, 5.74) is 0.500. The van der Waals surface area contributed by atoms with E-state index >= 15 is 0 Å². The van der Waals surface area contributed by atoms with Gasteiger partial charge in [-0.05, 0) is 17.5 Å². The van der Waals surface area contributed by atoms with E-state index < -0.39 is 0 Å². The molecule has 0 fully saturated rings. The van der Waals surface area contributed by atoms with Crippen molar-refractivity contribution in [2.45, 2.75) is 35.1 Å². The second kappa shape index (κ2) is 6.77. The maximum absolute atomic E-state index is 3.53. The molecule has 0 bridgehead atoms. The molecule has 0 aliphatic heterocycles. The highest BCUT2D eigenvalue weighted by Crippen LogP contribution is 2.07. The van der Waals surface area contributed by atoms with E-state index in [0.717, 1.165) is 0 Å². The van der Waals surface area contributed by atoms with E-state index in [-0.39, 0.29) is 7.43 Å². The van der Waals surface area contributed by atoms with E-state index in [1.54, 1.807) is 12.4 Å². The van der Waals surface area contributed by atoms with E-state index in [2.05, 4.69) is 37.9 Å². The van der Waals surface area contributed by atoms with Crippen LogP contribution in [0.1, 0.15) is 35.1 Å². The molecule has 0 radical (unpaired) electrons. The Balaban J connectivity index is 0. The summed E-state index contributed by atoms with van der Waals surface area (Å²) in [6.45, 7) is 8.75. The maximum Gasteiger partial charge on any atom is 0.0496 e. The van der Waals surface area contributed by atoms with Crippen molar-refractivity contribution in [3.05, 3.63) is 24.5 Å². The first-order chi connectivity index (χ1) is 5.00. The molecular formula is C10H20N2. The third-order valence-electron chi connectivity index (χ3n) is 0.483. The lowest BCUT2D eigenvalue weighted by Crippen LogP contribution is -1.93. The van der Waals surface area contributed by atoms with Gasteiger partial charge in [-0.2, -0.15) is 10.2 Å².